The van der Waals surface area contributed by atoms with Crippen LogP contribution in [0.15, 0.2) is 75.2 Å². The summed E-state index contributed by atoms with van der Waals surface area (Å²) in [6.45, 7) is 0.144. The first-order chi connectivity index (χ1) is 14.0. The highest BCUT2D eigenvalue weighted by Crippen LogP contribution is 2.21. The van der Waals surface area contributed by atoms with E-state index in [1.165, 1.54) is 10.8 Å². The van der Waals surface area contributed by atoms with Crippen molar-refractivity contribution in [3.05, 3.63) is 94.2 Å². The van der Waals surface area contributed by atoms with E-state index >= 15 is 0 Å². The molecule has 5 nitrogen and oxygen atoms in total. The van der Waals surface area contributed by atoms with Gasteiger partial charge in [-0.3, -0.25) is 14.2 Å². The number of thioether (sulfide) groups is 1. The average Bonchev–Trinajstić information content (AvgIpc) is 3.22. The molecule has 0 atom stereocenters. The summed E-state index contributed by atoms with van der Waals surface area (Å²) in [5.41, 5.74) is 0.0191. The van der Waals surface area contributed by atoms with Crippen molar-refractivity contribution < 1.29 is 18.0 Å². The van der Waals surface area contributed by atoms with Crippen molar-refractivity contribution in [1.82, 2.24) is 9.55 Å². The Morgan fingerprint density at radius 3 is 2.69 bits per heavy atom. The number of nitrogens with zero attached hydrogens (tertiary/aromatic N) is 2. The molecule has 8 heteroatoms. The lowest BCUT2D eigenvalue weighted by atomic mass is 10.1. The molecule has 2 aromatic carbocycles. The maximum absolute atomic E-state index is 13.9. The molecule has 0 amide bonds. The summed E-state index contributed by atoms with van der Waals surface area (Å²) in [7, 11) is 0. The second kappa shape index (κ2) is 8.00. The zero-order valence-corrected chi connectivity index (χ0v) is 15.8. The van der Waals surface area contributed by atoms with E-state index in [0.29, 0.717) is 27.9 Å². The normalized spacial score (nSPS) is 11.1. The number of fused-ring (bicyclic) bond motifs is 1. The van der Waals surface area contributed by atoms with Crippen molar-refractivity contribution in [3.8, 4) is 0 Å². The topological polar surface area (TPSA) is 65.1 Å². The molecule has 0 fully saturated rings. The van der Waals surface area contributed by atoms with Gasteiger partial charge >= 0.3 is 0 Å². The van der Waals surface area contributed by atoms with Crippen LogP contribution in [0, 0.1) is 11.6 Å². The fourth-order valence-corrected chi connectivity index (χ4v) is 3.76. The maximum Gasteiger partial charge on any atom is 0.262 e. The zero-order valence-electron chi connectivity index (χ0n) is 15.0. The lowest BCUT2D eigenvalue weighted by Gasteiger charge is -2.12. The number of hydrogen-bond donors (Lipinski definition) is 0. The summed E-state index contributed by atoms with van der Waals surface area (Å²) in [6.07, 6.45) is 1.50. The minimum absolute atomic E-state index is 0.144. The molecule has 0 spiro atoms. The number of rotatable bonds is 6. The van der Waals surface area contributed by atoms with Crippen LogP contribution in [0.2, 0.25) is 0 Å². The van der Waals surface area contributed by atoms with E-state index in [2.05, 4.69) is 4.98 Å². The van der Waals surface area contributed by atoms with E-state index in [1.54, 1.807) is 36.4 Å². The fraction of sp³-hybridized carbons (Fsp3) is 0.0952. The molecule has 0 unspecified atom stereocenters. The zero-order chi connectivity index (χ0) is 20.4. The highest BCUT2D eigenvalue weighted by Gasteiger charge is 2.17. The Hall–Kier alpha value is -3.26. The molecule has 4 rings (SSSR count). The Balaban J connectivity index is 1.68. The van der Waals surface area contributed by atoms with Gasteiger partial charge in [0.05, 0.1) is 35.0 Å². The summed E-state index contributed by atoms with van der Waals surface area (Å²) in [6, 6.07) is 13.1. The number of hydrogen-bond acceptors (Lipinski definition) is 5. The van der Waals surface area contributed by atoms with Crippen LogP contribution in [0.25, 0.3) is 10.9 Å². The van der Waals surface area contributed by atoms with Gasteiger partial charge in [-0.2, -0.15) is 0 Å². The standard InChI is InChI=1S/C21H14F2N2O3S/c22-13-7-8-15(17(23)10-13)19(26)12-29-21-24-18-6-2-1-5-16(18)20(27)25(21)11-14-4-3-9-28-14/h1-10H,11-12H2. The molecule has 146 valence electrons. The molecule has 0 saturated heterocycles. The highest BCUT2D eigenvalue weighted by molar-refractivity contribution is 7.99. The molecule has 0 aliphatic carbocycles. The molecule has 0 aliphatic rings. The van der Waals surface area contributed by atoms with E-state index < -0.39 is 17.4 Å². The lowest BCUT2D eigenvalue weighted by Crippen LogP contribution is -2.24. The second-order valence-electron chi connectivity index (χ2n) is 6.22. The first-order valence-electron chi connectivity index (χ1n) is 8.66. The van der Waals surface area contributed by atoms with E-state index in [0.717, 1.165) is 23.9 Å². The van der Waals surface area contributed by atoms with Crippen LogP contribution in [-0.4, -0.2) is 21.1 Å². The van der Waals surface area contributed by atoms with Gasteiger partial charge < -0.3 is 4.42 Å². The van der Waals surface area contributed by atoms with E-state index in [9.17, 15) is 18.4 Å². The molecule has 0 radical (unpaired) electrons. The van der Waals surface area contributed by atoms with Gasteiger partial charge in [0.2, 0.25) is 0 Å². The minimum atomic E-state index is -0.921. The van der Waals surface area contributed by atoms with E-state index in [4.69, 9.17) is 4.42 Å². The van der Waals surface area contributed by atoms with Crippen LogP contribution in [0.4, 0.5) is 8.78 Å². The second-order valence-corrected chi connectivity index (χ2v) is 7.16. The smallest absolute Gasteiger partial charge is 0.262 e. The Kier molecular flexibility index (Phi) is 5.26. The maximum atomic E-state index is 13.9. The Labute approximate surface area is 168 Å². The van der Waals surface area contributed by atoms with Crippen LogP contribution in [0.3, 0.4) is 0 Å². The number of ketones is 1. The van der Waals surface area contributed by atoms with Crippen molar-refractivity contribution in [1.29, 1.82) is 0 Å². The van der Waals surface area contributed by atoms with Crippen LogP contribution < -0.4 is 5.56 Å². The van der Waals surface area contributed by atoms with Gasteiger partial charge in [-0.05, 0) is 36.4 Å². The summed E-state index contributed by atoms with van der Waals surface area (Å²) < 4.78 is 33.7. The van der Waals surface area contributed by atoms with Gasteiger partial charge in [0.15, 0.2) is 10.9 Å². The van der Waals surface area contributed by atoms with Crippen molar-refractivity contribution >= 4 is 28.4 Å². The molecule has 0 bridgehead atoms. The molecule has 4 aromatic rings. The van der Waals surface area contributed by atoms with Crippen molar-refractivity contribution in [2.75, 3.05) is 5.75 Å². The Bertz CT molecular complexity index is 1250. The van der Waals surface area contributed by atoms with Gasteiger partial charge in [-0.1, -0.05) is 23.9 Å². The summed E-state index contributed by atoms with van der Waals surface area (Å²) in [4.78, 5) is 29.9. The van der Waals surface area contributed by atoms with Gasteiger partial charge in [0, 0.05) is 6.07 Å². The van der Waals surface area contributed by atoms with Gasteiger partial charge in [-0.25, -0.2) is 13.8 Å². The van der Waals surface area contributed by atoms with E-state index in [1.807, 2.05) is 0 Å². The predicted octanol–water partition coefficient (Wildman–Crippen LogP) is 4.29. The number of benzene rings is 2. The Morgan fingerprint density at radius 1 is 1.10 bits per heavy atom. The van der Waals surface area contributed by atoms with Crippen molar-refractivity contribution in [3.63, 3.8) is 0 Å². The van der Waals surface area contributed by atoms with Crippen LogP contribution in [0.1, 0.15) is 16.1 Å². The van der Waals surface area contributed by atoms with Crippen molar-refractivity contribution in [2.24, 2.45) is 0 Å². The molecular formula is C21H14F2N2O3S. The largest absolute Gasteiger partial charge is 0.467 e. The van der Waals surface area contributed by atoms with Crippen LogP contribution in [0.5, 0.6) is 0 Å². The quantitative estimate of drug-likeness (QED) is 0.269. The average molecular weight is 412 g/mol. The minimum Gasteiger partial charge on any atom is -0.467 e. The molecule has 2 heterocycles. The number of carbonyl (C=O) groups is 1. The third-order valence-electron chi connectivity index (χ3n) is 4.28. The fourth-order valence-electron chi connectivity index (χ4n) is 2.88. The summed E-state index contributed by atoms with van der Waals surface area (Å²) in [5, 5.41) is 0.750. The summed E-state index contributed by atoms with van der Waals surface area (Å²) >= 11 is 1.01. The number of para-hydroxylation sites is 1. The van der Waals surface area contributed by atoms with Crippen molar-refractivity contribution in [2.45, 2.75) is 11.7 Å². The predicted molar refractivity (Wildman–Crippen MR) is 105 cm³/mol. The number of furan rings is 1. The number of Topliss-reactive ketones (excluding diaryl/α,β-unsaturated/α-hetero) is 1. The number of carbonyl (C=O) groups excluding carboxylic acids is 1. The van der Waals surface area contributed by atoms with Gasteiger partial charge in [0.1, 0.15) is 17.4 Å². The first-order valence-corrected chi connectivity index (χ1v) is 9.64. The number of aromatic nitrogens is 2. The first kappa shape index (κ1) is 19.1. The lowest BCUT2D eigenvalue weighted by molar-refractivity contribution is 0.101. The third-order valence-corrected chi connectivity index (χ3v) is 5.26. The third kappa shape index (κ3) is 3.97. The van der Waals surface area contributed by atoms with Gasteiger partial charge in [-0.15, -0.1) is 0 Å². The molecule has 0 N–H and O–H groups in total. The van der Waals surface area contributed by atoms with E-state index in [-0.39, 0.29) is 23.4 Å². The monoisotopic (exact) mass is 412 g/mol. The molecular weight excluding hydrogens is 398 g/mol. The molecule has 29 heavy (non-hydrogen) atoms. The Morgan fingerprint density at radius 2 is 1.93 bits per heavy atom. The van der Waals surface area contributed by atoms with Crippen LogP contribution in [-0.2, 0) is 6.54 Å². The summed E-state index contributed by atoms with van der Waals surface area (Å²) in [5.74, 6) is -1.81. The molecule has 0 saturated carbocycles. The van der Waals surface area contributed by atoms with Gasteiger partial charge in [0.25, 0.3) is 5.56 Å². The molecule has 2 aromatic heterocycles. The highest BCUT2D eigenvalue weighted by atomic mass is 32.2. The van der Waals surface area contributed by atoms with Crippen LogP contribution >= 0.6 is 11.8 Å². The molecule has 0 aliphatic heterocycles. The number of halogens is 2. The SMILES string of the molecule is O=C(CSc1nc2ccccc2c(=O)n1Cc1ccco1)c1ccc(F)cc1F.